The predicted molar refractivity (Wildman–Crippen MR) is 81.5 cm³/mol. The Morgan fingerprint density at radius 2 is 2.14 bits per heavy atom. The largest absolute Gasteiger partial charge is 0.313 e. The van der Waals surface area contributed by atoms with Crippen molar-refractivity contribution in [2.75, 3.05) is 7.05 Å². The van der Waals surface area contributed by atoms with Crippen LogP contribution in [0, 0.1) is 12.7 Å². The van der Waals surface area contributed by atoms with Gasteiger partial charge in [0, 0.05) is 29.1 Å². The van der Waals surface area contributed by atoms with Gasteiger partial charge in [-0.05, 0) is 44.9 Å². The standard InChI is InChI=1S/C17H20FN3/c1-11-7-8-12(9-14(11)18)17-20-10-13-15(19-2)5-3-4-6-16(13)21-17/h7-10,15,19H,3-6H2,1-2H3. The zero-order chi connectivity index (χ0) is 14.8. The number of halogens is 1. The maximum Gasteiger partial charge on any atom is 0.159 e. The lowest BCUT2D eigenvalue weighted by Crippen LogP contribution is -2.17. The van der Waals surface area contributed by atoms with Crippen LogP contribution in [0.1, 0.15) is 42.1 Å². The molecule has 2 aromatic rings. The second kappa shape index (κ2) is 5.90. The minimum atomic E-state index is -0.209. The molecule has 0 spiro atoms. The van der Waals surface area contributed by atoms with Gasteiger partial charge in [0.05, 0.1) is 0 Å². The van der Waals surface area contributed by atoms with Gasteiger partial charge in [-0.1, -0.05) is 18.6 Å². The number of aromatic nitrogens is 2. The summed E-state index contributed by atoms with van der Waals surface area (Å²) in [5.41, 5.74) is 3.67. The van der Waals surface area contributed by atoms with E-state index in [-0.39, 0.29) is 5.82 Å². The van der Waals surface area contributed by atoms with Crippen molar-refractivity contribution in [3.63, 3.8) is 0 Å². The molecule has 0 saturated heterocycles. The summed E-state index contributed by atoms with van der Waals surface area (Å²) in [6, 6.07) is 5.50. The highest BCUT2D eigenvalue weighted by molar-refractivity contribution is 5.56. The molecule has 0 fully saturated rings. The zero-order valence-electron chi connectivity index (χ0n) is 12.5. The third-order valence-electron chi connectivity index (χ3n) is 4.21. The first-order valence-corrected chi connectivity index (χ1v) is 7.48. The summed E-state index contributed by atoms with van der Waals surface area (Å²) < 4.78 is 13.7. The van der Waals surface area contributed by atoms with Crippen LogP contribution in [0.25, 0.3) is 11.4 Å². The molecule has 110 valence electrons. The molecule has 0 saturated carbocycles. The molecule has 1 atom stereocenters. The van der Waals surface area contributed by atoms with Gasteiger partial charge in [0.1, 0.15) is 5.82 Å². The smallest absolute Gasteiger partial charge is 0.159 e. The quantitative estimate of drug-likeness (QED) is 0.857. The van der Waals surface area contributed by atoms with Gasteiger partial charge in [-0.25, -0.2) is 14.4 Å². The summed E-state index contributed by atoms with van der Waals surface area (Å²) in [5.74, 6) is 0.406. The van der Waals surface area contributed by atoms with Gasteiger partial charge in [-0.3, -0.25) is 0 Å². The average molecular weight is 285 g/mol. The SMILES string of the molecule is CNC1CCCCc2nc(-c3ccc(C)c(F)c3)ncc21. The van der Waals surface area contributed by atoms with E-state index in [0.29, 0.717) is 17.4 Å². The topological polar surface area (TPSA) is 37.8 Å². The van der Waals surface area contributed by atoms with Crippen LogP contribution in [0.5, 0.6) is 0 Å². The van der Waals surface area contributed by atoms with E-state index in [2.05, 4.69) is 10.3 Å². The Balaban J connectivity index is 2.02. The van der Waals surface area contributed by atoms with E-state index in [4.69, 9.17) is 4.98 Å². The first-order valence-electron chi connectivity index (χ1n) is 7.48. The lowest BCUT2D eigenvalue weighted by atomic mass is 10.0. The van der Waals surface area contributed by atoms with Crippen molar-refractivity contribution in [1.82, 2.24) is 15.3 Å². The lowest BCUT2D eigenvalue weighted by molar-refractivity contribution is 0.532. The molecule has 0 radical (unpaired) electrons. The van der Waals surface area contributed by atoms with Gasteiger partial charge in [0.15, 0.2) is 5.82 Å². The molecule has 3 rings (SSSR count). The summed E-state index contributed by atoms with van der Waals surface area (Å²) >= 11 is 0. The third kappa shape index (κ3) is 2.81. The molecular formula is C17H20FN3. The maximum absolute atomic E-state index is 13.7. The minimum Gasteiger partial charge on any atom is -0.313 e. The second-order valence-corrected chi connectivity index (χ2v) is 5.65. The highest BCUT2D eigenvalue weighted by Crippen LogP contribution is 2.28. The van der Waals surface area contributed by atoms with Crippen molar-refractivity contribution < 1.29 is 4.39 Å². The number of fused-ring (bicyclic) bond motifs is 1. The summed E-state index contributed by atoms with van der Waals surface area (Å²) in [7, 11) is 1.98. The van der Waals surface area contributed by atoms with Crippen LogP contribution in [-0.4, -0.2) is 17.0 Å². The summed E-state index contributed by atoms with van der Waals surface area (Å²) in [6.07, 6.45) is 6.32. The van der Waals surface area contributed by atoms with E-state index in [0.717, 1.165) is 30.5 Å². The second-order valence-electron chi connectivity index (χ2n) is 5.65. The third-order valence-corrected chi connectivity index (χ3v) is 4.21. The normalized spacial score (nSPS) is 18.1. The van der Waals surface area contributed by atoms with E-state index in [1.807, 2.05) is 19.3 Å². The number of nitrogens with zero attached hydrogens (tertiary/aromatic N) is 2. The molecule has 0 amide bonds. The van der Waals surface area contributed by atoms with Crippen LogP contribution < -0.4 is 5.32 Å². The Hall–Kier alpha value is -1.81. The molecule has 3 nitrogen and oxygen atoms in total. The van der Waals surface area contributed by atoms with Crippen molar-refractivity contribution in [2.45, 2.75) is 38.6 Å². The lowest BCUT2D eigenvalue weighted by Gasteiger charge is -2.16. The molecule has 0 bridgehead atoms. The van der Waals surface area contributed by atoms with Gasteiger partial charge >= 0.3 is 0 Å². The number of benzene rings is 1. The molecule has 1 aliphatic carbocycles. The first-order chi connectivity index (χ1) is 10.2. The highest BCUT2D eigenvalue weighted by atomic mass is 19.1. The number of hydrogen-bond donors (Lipinski definition) is 1. The van der Waals surface area contributed by atoms with Crippen LogP contribution in [0.3, 0.4) is 0 Å². The Labute approximate surface area is 124 Å². The molecule has 1 aromatic heterocycles. The number of nitrogens with one attached hydrogen (secondary N) is 1. The Kier molecular flexibility index (Phi) is 3.97. The Morgan fingerprint density at radius 1 is 1.29 bits per heavy atom. The molecule has 1 aromatic carbocycles. The van der Waals surface area contributed by atoms with Gasteiger partial charge in [0.25, 0.3) is 0 Å². The van der Waals surface area contributed by atoms with Crippen LogP contribution in [0.15, 0.2) is 24.4 Å². The van der Waals surface area contributed by atoms with Crippen LogP contribution in [0.4, 0.5) is 4.39 Å². The van der Waals surface area contributed by atoms with Crippen LogP contribution >= 0.6 is 0 Å². The van der Waals surface area contributed by atoms with E-state index in [1.165, 1.54) is 18.1 Å². The fraction of sp³-hybridized carbons (Fsp3) is 0.412. The molecule has 1 N–H and O–H groups in total. The summed E-state index contributed by atoms with van der Waals surface area (Å²) in [5, 5.41) is 3.34. The fourth-order valence-electron chi connectivity index (χ4n) is 2.89. The molecule has 0 aliphatic heterocycles. The molecular weight excluding hydrogens is 265 g/mol. The molecule has 21 heavy (non-hydrogen) atoms. The van der Waals surface area contributed by atoms with Crippen molar-refractivity contribution in [3.8, 4) is 11.4 Å². The number of rotatable bonds is 2. The Morgan fingerprint density at radius 3 is 2.90 bits per heavy atom. The average Bonchev–Trinajstić information content (AvgIpc) is 2.71. The molecule has 1 heterocycles. The highest BCUT2D eigenvalue weighted by Gasteiger charge is 2.19. The van der Waals surface area contributed by atoms with E-state index in [9.17, 15) is 4.39 Å². The fourth-order valence-corrected chi connectivity index (χ4v) is 2.89. The van der Waals surface area contributed by atoms with Crippen molar-refractivity contribution >= 4 is 0 Å². The molecule has 1 aliphatic rings. The van der Waals surface area contributed by atoms with Crippen molar-refractivity contribution in [3.05, 3.63) is 47.0 Å². The van der Waals surface area contributed by atoms with Crippen molar-refractivity contribution in [2.24, 2.45) is 0 Å². The van der Waals surface area contributed by atoms with Gasteiger partial charge in [-0.2, -0.15) is 0 Å². The van der Waals surface area contributed by atoms with E-state index >= 15 is 0 Å². The predicted octanol–water partition coefficient (Wildman–Crippen LogP) is 3.58. The number of aryl methyl sites for hydroxylation is 2. The maximum atomic E-state index is 13.7. The Bertz CT molecular complexity index is 654. The monoisotopic (exact) mass is 285 g/mol. The molecule has 4 heteroatoms. The number of hydrogen-bond acceptors (Lipinski definition) is 3. The van der Waals surface area contributed by atoms with Gasteiger partial charge in [-0.15, -0.1) is 0 Å². The minimum absolute atomic E-state index is 0.209. The van der Waals surface area contributed by atoms with E-state index < -0.39 is 0 Å². The summed E-state index contributed by atoms with van der Waals surface area (Å²) in [4.78, 5) is 9.15. The zero-order valence-corrected chi connectivity index (χ0v) is 12.5. The van der Waals surface area contributed by atoms with Crippen LogP contribution in [0.2, 0.25) is 0 Å². The van der Waals surface area contributed by atoms with Crippen LogP contribution in [-0.2, 0) is 6.42 Å². The molecule has 1 unspecified atom stereocenters. The van der Waals surface area contributed by atoms with Gasteiger partial charge < -0.3 is 5.32 Å². The van der Waals surface area contributed by atoms with Gasteiger partial charge in [0.2, 0.25) is 0 Å². The first kappa shape index (κ1) is 14.1. The summed E-state index contributed by atoms with van der Waals surface area (Å²) in [6.45, 7) is 1.76. The van der Waals surface area contributed by atoms with E-state index in [1.54, 1.807) is 13.0 Å². The van der Waals surface area contributed by atoms with Crippen molar-refractivity contribution in [1.29, 1.82) is 0 Å².